The molecule has 2 aromatic carbocycles. The molecule has 6 nitrogen and oxygen atoms in total. The molecule has 0 saturated carbocycles. The molecule has 3 rings (SSSR count). The topological polar surface area (TPSA) is 85.8 Å². The summed E-state index contributed by atoms with van der Waals surface area (Å²) < 4.78 is 1.38. The van der Waals surface area contributed by atoms with Crippen molar-refractivity contribution in [2.75, 3.05) is 18.1 Å². The summed E-state index contributed by atoms with van der Waals surface area (Å²) in [5.41, 5.74) is 2.00. The van der Waals surface area contributed by atoms with Gasteiger partial charge >= 0.3 is 0 Å². The molecule has 1 heterocycles. The van der Waals surface area contributed by atoms with Crippen LogP contribution >= 0.6 is 23.4 Å². The lowest BCUT2D eigenvalue weighted by Gasteiger charge is -2.06. The van der Waals surface area contributed by atoms with E-state index in [0.717, 1.165) is 12.0 Å². The lowest BCUT2D eigenvalue weighted by molar-refractivity contribution is -0.118. The minimum absolute atomic E-state index is 0.0676. The number of carbonyl (C=O) groups excluding carboxylic acids is 1. The number of nitrogens with two attached hydrogens (primary N) is 1. The van der Waals surface area contributed by atoms with Gasteiger partial charge in [0.1, 0.15) is 0 Å². The molecule has 0 radical (unpaired) electrons. The molecule has 3 aromatic rings. The van der Waals surface area contributed by atoms with Gasteiger partial charge in [0, 0.05) is 17.1 Å². The SMILES string of the molecule is Nn1c(SCC(=O)NCCc2ccccc2)nnc1-c1ccc(Cl)cc1. The van der Waals surface area contributed by atoms with Crippen LogP contribution in [0.1, 0.15) is 5.56 Å². The smallest absolute Gasteiger partial charge is 0.230 e. The molecule has 26 heavy (non-hydrogen) atoms. The Kier molecular flexibility index (Phi) is 6.14. The van der Waals surface area contributed by atoms with Crippen molar-refractivity contribution in [2.45, 2.75) is 11.6 Å². The van der Waals surface area contributed by atoms with E-state index in [0.29, 0.717) is 22.5 Å². The normalized spacial score (nSPS) is 10.7. The second-order valence-electron chi connectivity index (χ2n) is 5.56. The van der Waals surface area contributed by atoms with Gasteiger partial charge < -0.3 is 11.2 Å². The fourth-order valence-corrected chi connectivity index (χ4v) is 3.16. The van der Waals surface area contributed by atoms with Crippen LogP contribution in [0.25, 0.3) is 11.4 Å². The second kappa shape index (κ2) is 8.73. The van der Waals surface area contributed by atoms with Crippen LogP contribution in [0, 0.1) is 0 Å². The highest BCUT2D eigenvalue weighted by Gasteiger charge is 2.13. The molecule has 3 N–H and O–H groups in total. The van der Waals surface area contributed by atoms with Gasteiger partial charge in [-0.2, -0.15) is 0 Å². The highest BCUT2D eigenvalue weighted by Crippen LogP contribution is 2.22. The van der Waals surface area contributed by atoms with E-state index < -0.39 is 0 Å². The molecule has 0 saturated heterocycles. The highest BCUT2D eigenvalue weighted by molar-refractivity contribution is 7.99. The first kappa shape index (κ1) is 18.3. The molecule has 1 aromatic heterocycles. The Balaban J connectivity index is 1.50. The zero-order valence-corrected chi connectivity index (χ0v) is 15.5. The third-order valence-electron chi connectivity index (χ3n) is 3.68. The first-order valence-corrected chi connectivity index (χ1v) is 9.39. The summed E-state index contributed by atoms with van der Waals surface area (Å²) in [7, 11) is 0. The van der Waals surface area contributed by atoms with Crippen molar-refractivity contribution in [1.82, 2.24) is 20.2 Å². The molecule has 0 atom stereocenters. The Hall–Kier alpha value is -2.51. The summed E-state index contributed by atoms with van der Waals surface area (Å²) in [6, 6.07) is 17.2. The van der Waals surface area contributed by atoms with Crippen LogP contribution in [0.5, 0.6) is 0 Å². The Morgan fingerprint density at radius 3 is 2.58 bits per heavy atom. The predicted molar refractivity (Wildman–Crippen MR) is 104 cm³/mol. The van der Waals surface area contributed by atoms with E-state index in [9.17, 15) is 4.79 Å². The minimum atomic E-state index is -0.0676. The predicted octanol–water partition coefficient (Wildman–Crippen LogP) is 2.76. The monoisotopic (exact) mass is 387 g/mol. The zero-order valence-electron chi connectivity index (χ0n) is 13.9. The van der Waals surface area contributed by atoms with Crippen LogP contribution in [0.15, 0.2) is 59.8 Å². The van der Waals surface area contributed by atoms with E-state index in [1.165, 1.54) is 22.0 Å². The van der Waals surface area contributed by atoms with Crippen molar-refractivity contribution in [3.8, 4) is 11.4 Å². The number of aromatic nitrogens is 3. The van der Waals surface area contributed by atoms with Gasteiger partial charge in [0.2, 0.25) is 11.1 Å². The van der Waals surface area contributed by atoms with Crippen LogP contribution in [-0.4, -0.2) is 33.1 Å². The third kappa shape index (κ3) is 4.77. The van der Waals surface area contributed by atoms with Gasteiger partial charge in [-0.05, 0) is 36.2 Å². The fourth-order valence-electron chi connectivity index (χ4n) is 2.34. The summed E-state index contributed by atoms with van der Waals surface area (Å²) in [5.74, 6) is 6.72. The summed E-state index contributed by atoms with van der Waals surface area (Å²) >= 11 is 7.13. The van der Waals surface area contributed by atoms with Crippen molar-refractivity contribution in [3.05, 3.63) is 65.2 Å². The van der Waals surface area contributed by atoms with E-state index in [1.54, 1.807) is 12.1 Å². The molecule has 134 valence electrons. The average molecular weight is 388 g/mol. The molecule has 0 bridgehead atoms. The van der Waals surface area contributed by atoms with Crippen LogP contribution in [-0.2, 0) is 11.2 Å². The number of benzene rings is 2. The number of carbonyl (C=O) groups is 1. The Bertz CT molecular complexity index is 867. The summed E-state index contributed by atoms with van der Waals surface area (Å²) in [6.07, 6.45) is 0.797. The molecule has 0 spiro atoms. The molecule has 8 heteroatoms. The van der Waals surface area contributed by atoms with Crippen LogP contribution in [0.3, 0.4) is 0 Å². The quantitative estimate of drug-likeness (QED) is 0.481. The van der Waals surface area contributed by atoms with E-state index in [-0.39, 0.29) is 11.7 Å². The van der Waals surface area contributed by atoms with Crippen molar-refractivity contribution < 1.29 is 4.79 Å². The van der Waals surface area contributed by atoms with E-state index >= 15 is 0 Å². The molecule has 0 aliphatic rings. The van der Waals surface area contributed by atoms with Gasteiger partial charge in [-0.15, -0.1) is 10.2 Å². The number of nitrogens with one attached hydrogen (secondary N) is 1. The number of thioether (sulfide) groups is 1. The maximum atomic E-state index is 12.0. The van der Waals surface area contributed by atoms with Crippen molar-refractivity contribution in [3.63, 3.8) is 0 Å². The number of hydrogen-bond donors (Lipinski definition) is 2. The van der Waals surface area contributed by atoms with Gasteiger partial charge in [-0.25, -0.2) is 4.68 Å². The van der Waals surface area contributed by atoms with Crippen LogP contribution in [0.4, 0.5) is 0 Å². The molecular formula is C18H18ClN5OS. The highest BCUT2D eigenvalue weighted by atomic mass is 35.5. The second-order valence-corrected chi connectivity index (χ2v) is 6.94. The molecule has 0 fully saturated rings. The van der Waals surface area contributed by atoms with Crippen molar-refractivity contribution in [2.24, 2.45) is 0 Å². The van der Waals surface area contributed by atoms with Crippen molar-refractivity contribution >= 4 is 29.3 Å². The summed E-state index contributed by atoms with van der Waals surface area (Å²) in [5, 5.41) is 12.2. The lowest BCUT2D eigenvalue weighted by atomic mass is 10.1. The first-order valence-electron chi connectivity index (χ1n) is 8.03. The Morgan fingerprint density at radius 1 is 1.12 bits per heavy atom. The Labute approximate surface area is 160 Å². The van der Waals surface area contributed by atoms with Gasteiger partial charge in [0.05, 0.1) is 5.75 Å². The van der Waals surface area contributed by atoms with Gasteiger partial charge in [-0.3, -0.25) is 4.79 Å². The average Bonchev–Trinajstić information content (AvgIpc) is 3.02. The third-order valence-corrected chi connectivity index (χ3v) is 4.87. The standard InChI is InChI=1S/C18H18ClN5OS/c19-15-8-6-14(7-9-15)17-22-23-18(24(17)20)26-12-16(25)21-11-10-13-4-2-1-3-5-13/h1-9H,10-12,20H2,(H,21,25). The van der Waals surface area contributed by atoms with Crippen molar-refractivity contribution in [1.29, 1.82) is 0 Å². The molecule has 0 aliphatic heterocycles. The number of nitrogen functional groups attached to an aromatic ring is 1. The molecule has 0 aliphatic carbocycles. The lowest BCUT2D eigenvalue weighted by Crippen LogP contribution is -2.27. The number of hydrogen-bond acceptors (Lipinski definition) is 5. The van der Waals surface area contributed by atoms with Gasteiger partial charge in [0.15, 0.2) is 5.82 Å². The van der Waals surface area contributed by atoms with Gasteiger partial charge in [-0.1, -0.05) is 53.7 Å². The molecule has 0 unspecified atom stereocenters. The van der Waals surface area contributed by atoms with Crippen LogP contribution < -0.4 is 11.2 Å². The van der Waals surface area contributed by atoms with Crippen LogP contribution in [0.2, 0.25) is 5.02 Å². The first-order chi connectivity index (χ1) is 12.6. The summed E-state index contributed by atoms with van der Waals surface area (Å²) in [4.78, 5) is 12.0. The van der Waals surface area contributed by atoms with E-state index in [4.69, 9.17) is 17.4 Å². The number of amides is 1. The van der Waals surface area contributed by atoms with Gasteiger partial charge in [0.25, 0.3) is 0 Å². The maximum Gasteiger partial charge on any atom is 0.230 e. The zero-order chi connectivity index (χ0) is 18.4. The van der Waals surface area contributed by atoms with E-state index in [1.807, 2.05) is 42.5 Å². The van der Waals surface area contributed by atoms with E-state index in [2.05, 4.69) is 15.5 Å². The molecule has 1 amide bonds. The minimum Gasteiger partial charge on any atom is -0.355 e. The molecular weight excluding hydrogens is 370 g/mol. The summed E-state index contributed by atoms with van der Waals surface area (Å²) in [6.45, 7) is 0.592. The largest absolute Gasteiger partial charge is 0.355 e. The maximum absolute atomic E-state index is 12.0. The Morgan fingerprint density at radius 2 is 1.85 bits per heavy atom. The number of nitrogens with zero attached hydrogens (tertiary/aromatic N) is 3. The number of halogens is 1. The number of rotatable bonds is 7. The fraction of sp³-hybridized carbons (Fsp3) is 0.167.